The van der Waals surface area contributed by atoms with Crippen molar-refractivity contribution in [3.8, 4) is 0 Å². The molecule has 0 aromatic rings. The highest BCUT2D eigenvalue weighted by molar-refractivity contribution is 5.79. The van der Waals surface area contributed by atoms with Gasteiger partial charge in [0.2, 0.25) is 0 Å². The van der Waals surface area contributed by atoms with E-state index in [9.17, 15) is 4.79 Å². The molecule has 0 bridgehead atoms. The summed E-state index contributed by atoms with van der Waals surface area (Å²) < 4.78 is 0. The molecule has 1 heteroatoms. The van der Waals surface area contributed by atoms with Crippen molar-refractivity contribution in [2.45, 2.75) is 119 Å². The molecule has 0 spiro atoms. The van der Waals surface area contributed by atoms with E-state index in [1.54, 1.807) is 0 Å². The maximum atomic E-state index is 12.4. The molecule has 5 fully saturated rings. The van der Waals surface area contributed by atoms with Gasteiger partial charge in [0, 0.05) is 5.92 Å². The zero-order chi connectivity index (χ0) is 21.7. The minimum absolute atomic E-state index is 0.359. The van der Waals surface area contributed by atoms with Crippen LogP contribution in [0.5, 0.6) is 0 Å². The maximum Gasteiger partial charge on any atom is 0.133 e. The van der Waals surface area contributed by atoms with Crippen LogP contribution in [0.2, 0.25) is 0 Å². The van der Waals surface area contributed by atoms with Crippen molar-refractivity contribution in [2.75, 3.05) is 0 Å². The molecule has 0 radical (unpaired) electrons. The van der Waals surface area contributed by atoms with E-state index >= 15 is 0 Å². The molecule has 5 aliphatic carbocycles. The fourth-order valence-corrected chi connectivity index (χ4v) is 11.8. The lowest BCUT2D eigenvalue weighted by atomic mass is 9.32. The summed E-state index contributed by atoms with van der Waals surface area (Å²) in [7, 11) is 0. The van der Waals surface area contributed by atoms with Crippen LogP contribution in [0.25, 0.3) is 0 Å². The molecule has 170 valence electrons. The first-order valence-electron chi connectivity index (χ1n) is 13.4. The van der Waals surface area contributed by atoms with Crippen LogP contribution in [0.1, 0.15) is 119 Å². The van der Waals surface area contributed by atoms with Crippen LogP contribution in [0, 0.1) is 56.7 Å². The van der Waals surface area contributed by atoms with Gasteiger partial charge in [0.1, 0.15) is 5.78 Å². The van der Waals surface area contributed by atoms with E-state index in [-0.39, 0.29) is 0 Å². The number of Topliss-reactive ketones (excluding diaryl/α,β-unsaturated/α-hetero) is 1. The van der Waals surface area contributed by atoms with Crippen molar-refractivity contribution in [1.82, 2.24) is 0 Å². The second-order valence-electron chi connectivity index (χ2n) is 14.4. The number of rotatable bonds is 1. The zero-order valence-corrected chi connectivity index (χ0v) is 21.1. The zero-order valence-electron chi connectivity index (χ0n) is 21.1. The van der Waals surface area contributed by atoms with Crippen molar-refractivity contribution in [1.29, 1.82) is 0 Å². The van der Waals surface area contributed by atoms with Crippen LogP contribution in [-0.4, -0.2) is 5.78 Å². The Morgan fingerprint density at radius 1 is 0.633 bits per heavy atom. The summed E-state index contributed by atoms with van der Waals surface area (Å²) >= 11 is 0. The first-order chi connectivity index (χ1) is 13.9. The lowest BCUT2D eigenvalue weighted by molar-refractivity contribution is -0.240. The Kier molecular flexibility index (Phi) is 4.57. The Hall–Kier alpha value is -0.330. The molecule has 0 aromatic heterocycles. The second kappa shape index (κ2) is 6.38. The van der Waals surface area contributed by atoms with Crippen molar-refractivity contribution in [2.24, 2.45) is 56.7 Å². The molecule has 0 unspecified atom stereocenters. The quantitative estimate of drug-likeness (QED) is 0.425. The standard InChI is InChI=1S/C29H48O/c1-19(30)20-11-16-26(4)21(20)12-17-28(6)23(26)9-10-24-27(5)15-8-14-25(2,3)22(27)13-18-29(24,28)7/h20-24H,8-18H2,1-7H3/t20-,21+,22-,23-,24-,26+,27+,28-,29-/m1/s1. The van der Waals surface area contributed by atoms with E-state index in [1.165, 1.54) is 64.2 Å². The van der Waals surface area contributed by atoms with Gasteiger partial charge in [0.15, 0.2) is 0 Å². The first-order valence-corrected chi connectivity index (χ1v) is 13.4. The Morgan fingerprint density at radius 2 is 1.23 bits per heavy atom. The first kappa shape index (κ1) is 21.5. The second-order valence-corrected chi connectivity index (χ2v) is 14.4. The van der Waals surface area contributed by atoms with Gasteiger partial charge in [-0.05, 0) is 122 Å². The smallest absolute Gasteiger partial charge is 0.133 e. The predicted octanol–water partition coefficient (Wildman–Crippen LogP) is 8.07. The van der Waals surface area contributed by atoms with E-state index < -0.39 is 0 Å². The third-order valence-corrected chi connectivity index (χ3v) is 13.2. The van der Waals surface area contributed by atoms with Gasteiger partial charge in [-0.15, -0.1) is 0 Å². The van der Waals surface area contributed by atoms with Crippen molar-refractivity contribution >= 4 is 5.78 Å². The van der Waals surface area contributed by atoms with E-state index in [1.807, 2.05) is 6.92 Å². The van der Waals surface area contributed by atoms with Gasteiger partial charge in [-0.2, -0.15) is 0 Å². The van der Waals surface area contributed by atoms with Crippen molar-refractivity contribution in [3.05, 3.63) is 0 Å². The van der Waals surface area contributed by atoms with E-state index in [4.69, 9.17) is 0 Å². The van der Waals surface area contributed by atoms with Crippen LogP contribution < -0.4 is 0 Å². The summed E-state index contributed by atoms with van der Waals surface area (Å²) in [4.78, 5) is 12.4. The number of hydrogen-bond acceptors (Lipinski definition) is 1. The van der Waals surface area contributed by atoms with Crippen LogP contribution in [0.3, 0.4) is 0 Å². The number of carbonyl (C=O) groups excluding carboxylic acids is 1. The lowest BCUT2D eigenvalue weighted by Gasteiger charge is -2.73. The molecule has 30 heavy (non-hydrogen) atoms. The molecule has 5 aliphatic rings. The summed E-state index contributed by atoms with van der Waals surface area (Å²) in [6.45, 7) is 17.8. The van der Waals surface area contributed by atoms with Gasteiger partial charge in [-0.25, -0.2) is 0 Å². The topological polar surface area (TPSA) is 17.1 Å². The van der Waals surface area contributed by atoms with Crippen molar-refractivity contribution in [3.63, 3.8) is 0 Å². The highest BCUT2D eigenvalue weighted by Gasteiger charge is 2.70. The molecule has 5 saturated carbocycles. The third kappa shape index (κ3) is 2.45. The molecule has 0 aliphatic heterocycles. The molecular formula is C29H48O. The Labute approximate surface area is 186 Å². The lowest BCUT2D eigenvalue weighted by Crippen LogP contribution is -2.65. The average Bonchev–Trinajstić information content (AvgIpc) is 2.99. The number of ketones is 1. The summed E-state index contributed by atoms with van der Waals surface area (Å²) in [6, 6.07) is 0. The Bertz CT molecular complexity index is 737. The highest BCUT2D eigenvalue weighted by atomic mass is 16.1. The minimum atomic E-state index is 0.359. The molecule has 0 N–H and O–H groups in total. The molecule has 0 heterocycles. The fraction of sp³-hybridized carbons (Fsp3) is 0.966. The molecular weight excluding hydrogens is 364 g/mol. The number of hydrogen-bond donors (Lipinski definition) is 0. The number of fused-ring (bicyclic) bond motifs is 7. The summed E-state index contributed by atoms with van der Waals surface area (Å²) in [5.74, 6) is 4.13. The van der Waals surface area contributed by atoms with Crippen molar-refractivity contribution < 1.29 is 4.79 Å². The van der Waals surface area contributed by atoms with Gasteiger partial charge >= 0.3 is 0 Å². The Balaban J connectivity index is 1.53. The van der Waals surface area contributed by atoms with E-state index in [0.717, 1.165) is 24.2 Å². The molecule has 5 rings (SSSR count). The van der Waals surface area contributed by atoms with Gasteiger partial charge in [-0.1, -0.05) is 48.0 Å². The molecule has 0 amide bonds. The van der Waals surface area contributed by atoms with Crippen LogP contribution in [-0.2, 0) is 4.79 Å². The monoisotopic (exact) mass is 412 g/mol. The van der Waals surface area contributed by atoms with E-state index in [2.05, 4.69) is 41.5 Å². The molecule has 9 atom stereocenters. The largest absolute Gasteiger partial charge is 0.300 e. The summed E-state index contributed by atoms with van der Waals surface area (Å²) in [6.07, 6.45) is 15.3. The van der Waals surface area contributed by atoms with Gasteiger partial charge in [0.25, 0.3) is 0 Å². The van der Waals surface area contributed by atoms with E-state index in [0.29, 0.717) is 44.7 Å². The minimum Gasteiger partial charge on any atom is -0.300 e. The SMILES string of the molecule is CC(=O)[C@H]1CC[C@]2(C)[C@H]3CC[C@@H]4[C@@]5(C)CCCC(C)(C)[C@H]5CC[C@@]4(C)[C@]3(C)CC[C@@H]12. The van der Waals surface area contributed by atoms with Gasteiger partial charge < -0.3 is 0 Å². The molecule has 0 aromatic carbocycles. The fourth-order valence-electron chi connectivity index (χ4n) is 11.8. The highest BCUT2D eigenvalue weighted by Crippen LogP contribution is 2.77. The molecule has 1 nitrogen and oxygen atoms in total. The summed E-state index contributed by atoms with van der Waals surface area (Å²) in [5, 5.41) is 0. The number of carbonyl (C=O) groups is 1. The predicted molar refractivity (Wildman–Crippen MR) is 125 cm³/mol. The van der Waals surface area contributed by atoms with Crippen LogP contribution in [0.4, 0.5) is 0 Å². The molecule has 0 saturated heterocycles. The normalized spacial score (nSPS) is 57.0. The van der Waals surface area contributed by atoms with Crippen LogP contribution in [0.15, 0.2) is 0 Å². The van der Waals surface area contributed by atoms with Gasteiger partial charge in [-0.3, -0.25) is 4.79 Å². The van der Waals surface area contributed by atoms with Crippen LogP contribution >= 0.6 is 0 Å². The summed E-state index contributed by atoms with van der Waals surface area (Å²) in [5.41, 5.74) is 2.41. The third-order valence-electron chi connectivity index (χ3n) is 13.2. The maximum absolute atomic E-state index is 12.4. The Morgan fingerprint density at radius 3 is 1.87 bits per heavy atom. The average molecular weight is 413 g/mol. The van der Waals surface area contributed by atoms with Gasteiger partial charge in [0.05, 0.1) is 0 Å².